The van der Waals surface area contributed by atoms with Crippen molar-refractivity contribution < 1.29 is 9.13 Å². The molecule has 2 heterocycles. The molecular weight excluding hydrogens is 231 g/mol. The Kier molecular flexibility index (Phi) is 3.22. The van der Waals surface area contributed by atoms with E-state index in [1.807, 2.05) is 0 Å². The molecule has 2 aliphatic heterocycles. The molecule has 1 fully saturated rings. The molecule has 1 unspecified atom stereocenters. The summed E-state index contributed by atoms with van der Waals surface area (Å²) in [5.41, 5.74) is 1.00. The van der Waals surface area contributed by atoms with E-state index in [9.17, 15) is 4.39 Å². The average Bonchev–Trinajstić information content (AvgIpc) is 2.67. The predicted octanol–water partition coefficient (Wildman–Crippen LogP) is 1.42. The first-order valence-electron chi connectivity index (χ1n) is 6.66. The van der Waals surface area contributed by atoms with Crippen LogP contribution in [0.4, 0.5) is 4.39 Å². The third-order valence-corrected chi connectivity index (χ3v) is 3.88. The molecule has 0 saturated carbocycles. The summed E-state index contributed by atoms with van der Waals surface area (Å²) in [5.74, 6) is 0.678. The van der Waals surface area contributed by atoms with Crippen LogP contribution in [0.15, 0.2) is 18.2 Å². The van der Waals surface area contributed by atoms with Gasteiger partial charge < -0.3 is 10.1 Å². The van der Waals surface area contributed by atoms with Gasteiger partial charge in [-0.25, -0.2) is 4.39 Å². The molecule has 0 spiro atoms. The molecule has 18 heavy (non-hydrogen) atoms. The van der Waals surface area contributed by atoms with Gasteiger partial charge in [0.25, 0.3) is 0 Å². The van der Waals surface area contributed by atoms with E-state index in [-0.39, 0.29) is 11.9 Å². The minimum Gasteiger partial charge on any atom is -0.488 e. The smallest absolute Gasteiger partial charge is 0.123 e. The lowest BCUT2D eigenvalue weighted by Crippen LogP contribution is -2.58. The Labute approximate surface area is 107 Å². The predicted molar refractivity (Wildman–Crippen MR) is 68.4 cm³/mol. The third-order valence-electron chi connectivity index (χ3n) is 3.88. The molecule has 4 heteroatoms. The molecule has 1 atom stereocenters. The van der Waals surface area contributed by atoms with E-state index in [1.54, 1.807) is 12.1 Å². The summed E-state index contributed by atoms with van der Waals surface area (Å²) in [6, 6.07) is 5.44. The zero-order valence-electron chi connectivity index (χ0n) is 10.7. The minimum atomic E-state index is -0.173. The van der Waals surface area contributed by atoms with Crippen LogP contribution in [-0.2, 0) is 6.42 Å². The molecule has 0 radical (unpaired) electrons. The Morgan fingerprint density at radius 2 is 2.28 bits per heavy atom. The third kappa shape index (κ3) is 2.22. The van der Waals surface area contributed by atoms with E-state index < -0.39 is 0 Å². The number of fused-ring (bicyclic) bond motifs is 1. The molecule has 1 saturated heterocycles. The van der Waals surface area contributed by atoms with Crippen LogP contribution in [0.25, 0.3) is 0 Å². The van der Waals surface area contributed by atoms with Gasteiger partial charge in [-0.3, -0.25) is 4.90 Å². The van der Waals surface area contributed by atoms with Gasteiger partial charge in [0.15, 0.2) is 0 Å². The van der Waals surface area contributed by atoms with Crippen LogP contribution >= 0.6 is 0 Å². The van der Waals surface area contributed by atoms with Crippen molar-refractivity contribution in [2.45, 2.75) is 25.5 Å². The van der Waals surface area contributed by atoms with E-state index in [2.05, 4.69) is 17.1 Å². The molecule has 1 aromatic rings. The van der Waals surface area contributed by atoms with E-state index in [1.165, 1.54) is 6.07 Å². The number of rotatable bonds is 4. The number of hydrogen-bond donors (Lipinski definition) is 1. The fraction of sp³-hybridized carbons (Fsp3) is 0.571. The number of likely N-dealkylation sites (N-methyl/N-ethyl adjacent to an activating group) is 1. The van der Waals surface area contributed by atoms with Crippen molar-refractivity contribution in [2.75, 3.05) is 26.2 Å². The molecule has 3 nitrogen and oxygen atoms in total. The van der Waals surface area contributed by atoms with Crippen molar-refractivity contribution in [3.63, 3.8) is 0 Å². The Morgan fingerprint density at radius 1 is 1.44 bits per heavy atom. The monoisotopic (exact) mass is 250 g/mol. The van der Waals surface area contributed by atoms with Gasteiger partial charge in [0.1, 0.15) is 17.7 Å². The normalized spacial score (nSPS) is 22.7. The molecule has 3 rings (SSSR count). The lowest BCUT2D eigenvalue weighted by atomic mass is 10.1. The molecule has 0 aromatic heterocycles. The van der Waals surface area contributed by atoms with Gasteiger partial charge in [-0.2, -0.15) is 0 Å². The highest BCUT2D eigenvalue weighted by Crippen LogP contribution is 2.29. The summed E-state index contributed by atoms with van der Waals surface area (Å²) < 4.78 is 19.0. The van der Waals surface area contributed by atoms with E-state index in [0.717, 1.165) is 43.9 Å². The molecule has 0 bridgehead atoms. The maximum Gasteiger partial charge on any atom is 0.123 e. The molecular formula is C14H19FN2O. The van der Waals surface area contributed by atoms with Gasteiger partial charge in [-0.05, 0) is 24.7 Å². The van der Waals surface area contributed by atoms with Crippen molar-refractivity contribution in [1.29, 1.82) is 0 Å². The number of halogens is 1. The Bertz CT molecular complexity index is 434. The van der Waals surface area contributed by atoms with Crippen molar-refractivity contribution in [1.82, 2.24) is 10.2 Å². The standard InChI is InChI=1S/C14H19FN2O/c1-2-17(12-7-16-8-12)9-13-6-10-5-11(15)3-4-14(10)18-13/h3-5,12-13,16H,2,6-9H2,1H3. The summed E-state index contributed by atoms with van der Waals surface area (Å²) in [4.78, 5) is 2.45. The topological polar surface area (TPSA) is 24.5 Å². The second kappa shape index (κ2) is 4.86. The van der Waals surface area contributed by atoms with Crippen LogP contribution in [0.2, 0.25) is 0 Å². The SMILES string of the molecule is CCN(CC1Cc2cc(F)ccc2O1)C1CNC1. The van der Waals surface area contributed by atoms with Gasteiger partial charge in [-0.1, -0.05) is 6.92 Å². The zero-order chi connectivity index (χ0) is 12.5. The van der Waals surface area contributed by atoms with Crippen LogP contribution in [-0.4, -0.2) is 43.2 Å². The average molecular weight is 250 g/mol. The lowest BCUT2D eigenvalue weighted by Gasteiger charge is -2.38. The first-order chi connectivity index (χ1) is 8.76. The number of hydrogen-bond acceptors (Lipinski definition) is 3. The summed E-state index contributed by atoms with van der Waals surface area (Å²) >= 11 is 0. The first kappa shape index (κ1) is 11.9. The van der Waals surface area contributed by atoms with Crippen molar-refractivity contribution >= 4 is 0 Å². The number of nitrogens with one attached hydrogen (secondary N) is 1. The molecule has 1 aromatic carbocycles. The quantitative estimate of drug-likeness (QED) is 0.874. The fourth-order valence-corrected chi connectivity index (χ4v) is 2.72. The summed E-state index contributed by atoms with van der Waals surface area (Å²) in [6.45, 7) is 6.29. The fourth-order valence-electron chi connectivity index (χ4n) is 2.72. The minimum absolute atomic E-state index is 0.169. The van der Waals surface area contributed by atoms with Gasteiger partial charge in [0.05, 0.1) is 0 Å². The Hall–Kier alpha value is -1.13. The van der Waals surface area contributed by atoms with Gasteiger partial charge >= 0.3 is 0 Å². The van der Waals surface area contributed by atoms with E-state index in [0.29, 0.717) is 6.04 Å². The van der Waals surface area contributed by atoms with Gasteiger partial charge in [0.2, 0.25) is 0 Å². The second-order valence-corrected chi connectivity index (χ2v) is 5.10. The largest absolute Gasteiger partial charge is 0.488 e. The summed E-state index contributed by atoms with van der Waals surface area (Å²) in [6.07, 6.45) is 0.992. The van der Waals surface area contributed by atoms with Crippen LogP contribution < -0.4 is 10.1 Å². The van der Waals surface area contributed by atoms with Crippen LogP contribution in [0.5, 0.6) is 5.75 Å². The molecule has 98 valence electrons. The molecule has 2 aliphatic rings. The van der Waals surface area contributed by atoms with Crippen molar-refractivity contribution in [2.24, 2.45) is 0 Å². The van der Waals surface area contributed by atoms with Crippen molar-refractivity contribution in [3.8, 4) is 5.75 Å². The number of nitrogens with zero attached hydrogens (tertiary/aromatic N) is 1. The highest BCUT2D eigenvalue weighted by atomic mass is 19.1. The first-order valence-corrected chi connectivity index (χ1v) is 6.66. The van der Waals surface area contributed by atoms with E-state index >= 15 is 0 Å². The lowest BCUT2D eigenvalue weighted by molar-refractivity contribution is 0.0951. The molecule has 1 N–H and O–H groups in total. The maximum atomic E-state index is 13.1. The maximum absolute atomic E-state index is 13.1. The zero-order valence-corrected chi connectivity index (χ0v) is 10.7. The van der Waals surface area contributed by atoms with Crippen LogP contribution in [0.3, 0.4) is 0 Å². The molecule has 0 aliphatic carbocycles. The number of benzene rings is 1. The number of ether oxygens (including phenoxy) is 1. The highest BCUT2D eigenvalue weighted by molar-refractivity contribution is 5.37. The highest BCUT2D eigenvalue weighted by Gasteiger charge is 2.29. The van der Waals surface area contributed by atoms with Gasteiger partial charge in [0, 0.05) is 37.7 Å². The van der Waals surface area contributed by atoms with Gasteiger partial charge in [-0.15, -0.1) is 0 Å². The Morgan fingerprint density at radius 3 is 2.94 bits per heavy atom. The van der Waals surface area contributed by atoms with Crippen LogP contribution in [0, 0.1) is 5.82 Å². The van der Waals surface area contributed by atoms with E-state index in [4.69, 9.17) is 4.74 Å². The Balaban J connectivity index is 1.62. The van der Waals surface area contributed by atoms with Crippen LogP contribution in [0.1, 0.15) is 12.5 Å². The molecule has 0 amide bonds. The second-order valence-electron chi connectivity index (χ2n) is 5.10. The van der Waals surface area contributed by atoms with Crippen molar-refractivity contribution in [3.05, 3.63) is 29.6 Å². The summed E-state index contributed by atoms with van der Waals surface area (Å²) in [7, 11) is 0. The summed E-state index contributed by atoms with van der Waals surface area (Å²) in [5, 5.41) is 3.29.